The van der Waals surface area contributed by atoms with Crippen molar-refractivity contribution in [2.75, 3.05) is 0 Å². The van der Waals surface area contributed by atoms with Gasteiger partial charge in [-0.3, -0.25) is 49.8 Å². The highest BCUT2D eigenvalue weighted by atomic mass is 14.9. The molecule has 0 aliphatic rings. The molecule has 14 aromatic heterocycles. The van der Waals surface area contributed by atoms with Crippen LogP contribution in [0.2, 0.25) is 0 Å². The van der Waals surface area contributed by atoms with E-state index in [1.54, 1.807) is 87.3 Å². The molecule has 0 amide bonds. The third kappa shape index (κ3) is 80.5. The van der Waals surface area contributed by atoms with Crippen molar-refractivity contribution in [1.82, 2.24) is 110 Å². The Labute approximate surface area is 846 Å². The van der Waals surface area contributed by atoms with Gasteiger partial charge >= 0.3 is 0 Å². The Kier molecular flexibility index (Phi) is 73.9. The van der Waals surface area contributed by atoms with Crippen molar-refractivity contribution in [3.05, 3.63) is 375 Å². The summed E-state index contributed by atoms with van der Waals surface area (Å²) in [5, 5.41) is 0. The van der Waals surface area contributed by atoms with Gasteiger partial charge in [-0.25, -0.2) is 59.8 Å². The van der Waals surface area contributed by atoms with Crippen molar-refractivity contribution in [1.29, 1.82) is 0 Å². The summed E-state index contributed by atoms with van der Waals surface area (Å²) < 4.78 is 0. The van der Waals surface area contributed by atoms with Gasteiger partial charge in [0.2, 0.25) is 0 Å². The van der Waals surface area contributed by atoms with Crippen LogP contribution in [0.1, 0.15) is 273 Å². The van der Waals surface area contributed by atoms with Gasteiger partial charge < -0.3 is 0 Å². The molecule has 22 nitrogen and oxygen atoms in total. The van der Waals surface area contributed by atoms with Gasteiger partial charge in [-0.2, -0.15) is 0 Å². The number of hydrogen-bond acceptors (Lipinski definition) is 22. The predicted octanol–water partition coefficient (Wildman–Crippen LogP) is 27.1. The zero-order valence-corrected chi connectivity index (χ0v) is 90.5. The molecule has 0 atom stereocenters. The summed E-state index contributed by atoms with van der Waals surface area (Å²) in [5.74, 6) is 11.6. The van der Waals surface area contributed by atoms with E-state index in [0.29, 0.717) is 59.2 Å². The minimum atomic E-state index is 0.641. The van der Waals surface area contributed by atoms with Crippen LogP contribution < -0.4 is 0 Å². The van der Waals surface area contributed by atoms with Crippen LogP contribution in [-0.2, 0) is 89.9 Å². The average molecular weight is 1900 g/mol. The van der Waals surface area contributed by atoms with E-state index in [9.17, 15) is 0 Å². The van der Waals surface area contributed by atoms with Crippen LogP contribution in [0.3, 0.4) is 0 Å². The summed E-state index contributed by atoms with van der Waals surface area (Å²) in [7, 11) is 0. The van der Waals surface area contributed by atoms with E-state index in [-0.39, 0.29) is 0 Å². The van der Waals surface area contributed by atoms with Crippen molar-refractivity contribution < 1.29 is 0 Å². The molecule has 756 valence electrons. The highest BCUT2D eigenvalue weighted by Crippen LogP contribution is 2.14. The molecular weight excluding hydrogens is 1730 g/mol. The van der Waals surface area contributed by atoms with Crippen LogP contribution in [0.5, 0.6) is 0 Å². The maximum atomic E-state index is 4.22. The molecule has 0 aromatic carbocycles. The van der Waals surface area contributed by atoms with Gasteiger partial charge in [0.05, 0.1) is 11.4 Å². The molecule has 0 aliphatic carbocycles. The van der Waals surface area contributed by atoms with Crippen LogP contribution in [0.4, 0.5) is 0 Å². The Morgan fingerprint density at radius 1 is 0.136 bits per heavy atom. The van der Waals surface area contributed by atoms with Crippen LogP contribution in [0.25, 0.3) is 0 Å². The summed E-state index contributed by atoms with van der Waals surface area (Å²) in [6.07, 6.45) is 68.5. The summed E-state index contributed by atoms with van der Waals surface area (Å²) in [4.78, 5) is 88.7. The lowest BCUT2D eigenvalue weighted by atomic mass is 10.0. The first-order chi connectivity index (χ1) is 67.0. The molecule has 0 N–H and O–H groups in total. The molecule has 22 heteroatoms. The molecule has 0 fully saturated rings. The zero-order chi connectivity index (χ0) is 104. The first kappa shape index (κ1) is 126. The number of aromatic nitrogens is 22. The SMILES string of the molecule is CC(C)Cc1ccccn1.CC(C)Cc1ccccn1.CC(C)Cc1cccnc1.CC(C)Cc1cccnc1.CC(C)Cc1ccncc1.CC(C)Cc1ccncc1.CC(C)Cc1ccncn1.CC(C)Cc1ccncn1.CC(C)Cc1cnccn1.CC(C)Cc1cnccn1.CC(C)Cc1cncnc1.CC(C)Cc1cncnc1.CC(C)Cc1ncccn1.CC(C)Cc1ncccn1. The Morgan fingerprint density at radius 3 is 0.621 bits per heavy atom. The van der Waals surface area contributed by atoms with Crippen molar-refractivity contribution in [2.45, 2.75) is 284 Å². The number of pyridine rings is 6. The highest BCUT2D eigenvalue weighted by Gasteiger charge is 2.06. The second-order valence-electron chi connectivity index (χ2n) is 40.1. The van der Waals surface area contributed by atoms with Crippen LogP contribution >= 0.6 is 0 Å². The molecular formula is C118H174N22. The highest BCUT2D eigenvalue weighted by molar-refractivity contribution is 5.14. The largest absolute Gasteiger partial charge is 0.265 e. The molecule has 0 unspecified atom stereocenters. The number of rotatable bonds is 28. The maximum Gasteiger partial charge on any atom is 0.128 e. The minimum Gasteiger partial charge on any atom is -0.265 e. The van der Waals surface area contributed by atoms with Crippen LogP contribution in [0, 0.1) is 82.9 Å². The van der Waals surface area contributed by atoms with Crippen molar-refractivity contribution in [3.8, 4) is 0 Å². The topological polar surface area (TPSA) is 284 Å². The van der Waals surface area contributed by atoms with Crippen molar-refractivity contribution >= 4 is 0 Å². The average Bonchev–Trinajstić information content (AvgIpc) is 1.05. The summed E-state index contributed by atoms with van der Waals surface area (Å²) in [5.41, 5.74) is 14.7. The van der Waals surface area contributed by atoms with Gasteiger partial charge in [-0.15, -0.1) is 0 Å². The van der Waals surface area contributed by atoms with E-state index >= 15 is 0 Å². The second-order valence-corrected chi connectivity index (χ2v) is 40.1. The number of hydrogen-bond donors (Lipinski definition) is 0. The fourth-order valence-electron chi connectivity index (χ4n) is 12.7. The molecule has 14 heterocycles. The normalized spacial score (nSPS) is 10.3. The van der Waals surface area contributed by atoms with E-state index < -0.39 is 0 Å². The Balaban J connectivity index is 0.000000754. The van der Waals surface area contributed by atoms with Gasteiger partial charge in [-0.05, 0) is 278 Å². The maximum absolute atomic E-state index is 4.22. The van der Waals surface area contributed by atoms with E-state index in [1.807, 2.05) is 160 Å². The molecule has 0 saturated carbocycles. The van der Waals surface area contributed by atoms with E-state index in [0.717, 1.165) is 148 Å². The summed E-state index contributed by atoms with van der Waals surface area (Å²) in [6, 6.07) is 36.2. The van der Waals surface area contributed by atoms with Crippen LogP contribution in [0.15, 0.2) is 296 Å². The summed E-state index contributed by atoms with van der Waals surface area (Å²) >= 11 is 0. The minimum absolute atomic E-state index is 0.641. The molecule has 0 bridgehead atoms. The second kappa shape index (κ2) is 82.4. The molecule has 0 radical (unpaired) electrons. The third-order valence-electron chi connectivity index (χ3n) is 18.1. The Hall–Kier alpha value is -12.5. The molecule has 140 heavy (non-hydrogen) atoms. The quantitative estimate of drug-likeness (QED) is 0.0440. The lowest BCUT2D eigenvalue weighted by molar-refractivity contribution is 0.620. The van der Waals surface area contributed by atoms with E-state index in [1.165, 1.54) is 44.8 Å². The molecule has 0 spiro atoms. The standard InChI is InChI=1S/6C9H13N.8C8H12N2/c2*1-8(2)7-9-3-5-10-6-4-9;2*1-8(2)6-9-4-3-5-10-7-9;2*1-8(2)7-9-5-3-4-6-10-9;2*1-7(2)3-8-4-9-6-10-5-8;2*1-7(2)5-8-6-9-3-4-10-8;2*1-7(2)5-8-3-4-9-6-10-8;2*1-7(2)6-8-9-4-3-5-10-8/h2*3-6,8H,7H2,1-2H3;2*3-5,7-8H,6H2,1-2H3;2*3-6,8H,7H2,1-2H3;2*4-7H,3H2,1-2H3;4*3-4,6-7H,5H2,1-2H3;2*3-5,7H,6H2,1-2H3. The van der Waals surface area contributed by atoms with Gasteiger partial charge in [0.1, 0.15) is 37.0 Å². The van der Waals surface area contributed by atoms with Crippen molar-refractivity contribution in [3.63, 3.8) is 0 Å². The van der Waals surface area contributed by atoms with Crippen molar-refractivity contribution in [2.24, 2.45) is 82.9 Å². The van der Waals surface area contributed by atoms with E-state index in [2.05, 4.69) is 352 Å². The van der Waals surface area contributed by atoms with Gasteiger partial charge in [0.25, 0.3) is 0 Å². The molecule has 0 aliphatic heterocycles. The molecule has 14 aromatic rings. The summed E-state index contributed by atoms with van der Waals surface area (Å²) in [6.45, 7) is 61.4. The van der Waals surface area contributed by atoms with Crippen LogP contribution in [-0.4, -0.2) is 110 Å². The Bertz CT molecular complexity index is 3740. The third-order valence-corrected chi connectivity index (χ3v) is 18.1. The van der Waals surface area contributed by atoms with Gasteiger partial charge in [-0.1, -0.05) is 218 Å². The monoisotopic (exact) mass is 1900 g/mol. The van der Waals surface area contributed by atoms with Gasteiger partial charge in [0, 0.05) is 197 Å². The molecule has 0 saturated heterocycles. The lowest BCUT2D eigenvalue weighted by Gasteiger charge is -2.02. The van der Waals surface area contributed by atoms with E-state index in [4.69, 9.17) is 0 Å². The smallest absolute Gasteiger partial charge is 0.128 e. The lowest BCUT2D eigenvalue weighted by Crippen LogP contribution is -1.98. The van der Waals surface area contributed by atoms with Gasteiger partial charge in [0.15, 0.2) is 0 Å². The zero-order valence-electron chi connectivity index (χ0n) is 90.5. The molecule has 14 rings (SSSR count). The predicted molar refractivity (Wildman–Crippen MR) is 581 cm³/mol. The fourth-order valence-corrected chi connectivity index (χ4v) is 12.7. The first-order valence-electron chi connectivity index (χ1n) is 50.4. The fraction of sp³-hybridized carbons (Fsp3) is 0.475. The Morgan fingerprint density at radius 2 is 0.379 bits per heavy atom. The first-order valence-corrected chi connectivity index (χ1v) is 50.4. The number of nitrogens with zero attached hydrogens (tertiary/aromatic N) is 22.